The molecule has 1 aromatic carbocycles. The number of carboxylic acid groups (broad SMARTS) is 1. The fourth-order valence-corrected chi connectivity index (χ4v) is 2.68. The number of hydrogen-bond acceptors (Lipinski definition) is 3. The Morgan fingerprint density at radius 3 is 2.68 bits per heavy atom. The molecule has 0 saturated heterocycles. The molecule has 1 aliphatic carbocycles. The van der Waals surface area contributed by atoms with E-state index < -0.39 is 5.97 Å². The minimum Gasteiger partial charge on any atom is -0.478 e. The highest BCUT2D eigenvalue weighted by molar-refractivity contribution is 5.94. The number of carbonyl (C=O) groups is 1. The van der Waals surface area contributed by atoms with Crippen molar-refractivity contribution in [1.29, 1.82) is 0 Å². The molecular weight excluding hydrogens is 242 g/mol. The van der Waals surface area contributed by atoms with E-state index in [0.29, 0.717) is 11.3 Å². The number of hydrogen-bond donors (Lipinski definition) is 2. The van der Waals surface area contributed by atoms with E-state index in [4.69, 9.17) is 4.74 Å². The quantitative estimate of drug-likeness (QED) is 0.877. The molecule has 1 aliphatic rings. The second-order valence-corrected chi connectivity index (χ2v) is 5.83. The molecule has 0 aromatic heterocycles. The van der Waals surface area contributed by atoms with Crippen LogP contribution in [0.15, 0.2) is 18.2 Å². The van der Waals surface area contributed by atoms with E-state index >= 15 is 0 Å². The van der Waals surface area contributed by atoms with Gasteiger partial charge in [0.15, 0.2) is 0 Å². The van der Waals surface area contributed by atoms with Crippen LogP contribution in [0.25, 0.3) is 0 Å². The number of carboxylic acids is 1. The summed E-state index contributed by atoms with van der Waals surface area (Å²) in [6.07, 6.45) is 1.12. The second kappa shape index (κ2) is 4.85. The van der Waals surface area contributed by atoms with E-state index in [1.54, 1.807) is 13.2 Å². The third-order valence-electron chi connectivity index (χ3n) is 4.20. The summed E-state index contributed by atoms with van der Waals surface area (Å²) in [5, 5.41) is 12.6. The maximum atomic E-state index is 11.3. The van der Waals surface area contributed by atoms with Crippen LogP contribution in [-0.2, 0) is 4.74 Å². The molecule has 0 bridgehead atoms. The first kappa shape index (κ1) is 13.9. The normalized spacial score (nSPS) is 24.6. The van der Waals surface area contributed by atoms with E-state index in [1.165, 1.54) is 0 Å². The van der Waals surface area contributed by atoms with E-state index in [2.05, 4.69) is 19.2 Å². The zero-order valence-electron chi connectivity index (χ0n) is 11.9. The first-order chi connectivity index (χ1) is 8.86. The average Bonchev–Trinajstić information content (AvgIpc) is 2.35. The molecule has 2 unspecified atom stereocenters. The van der Waals surface area contributed by atoms with E-state index in [9.17, 15) is 9.90 Å². The lowest BCUT2D eigenvalue weighted by molar-refractivity contribution is -0.0794. The van der Waals surface area contributed by atoms with Gasteiger partial charge in [-0.15, -0.1) is 0 Å². The third kappa shape index (κ3) is 2.45. The van der Waals surface area contributed by atoms with Gasteiger partial charge < -0.3 is 15.2 Å². The maximum absolute atomic E-state index is 11.3. The first-order valence-electron chi connectivity index (χ1n) is 6.49. The van der Waals surface area contributed by atoms with Gasteiger partial charge in [0.25, 0.3) is 0 Å². The van der Waals surface area contributed by atoms with E-state index in [-0.39, 0.29) is 17.6 Å². The van der Waals surface area contributed by atoms with Crippen molar-refractivity contribution >= 4 is 11.7 Å². The summed E-state index contributed by atoms with van der Waals surface area (Å²) in [7, 11) is 1.72. The molecule has 1 fully saturated rings. The van der Waals surface area contributed by atoms with Gasteiger partial charge in [-0.3, -0.25) is 0 Å². The van der Waals surface area contributed by atoms with Gasteiger partial charge >= 0.3 is 5.97 Å². The molecule has 19 heavy (non-hydrogen) atoms. The van der Waals surface area contributed by atoms with Crippen LogP contribution in [0, 0.1) is 12.3 Å². The van der Waals surface area contributed by atoms with Gasteiger partial charge in [0.05, 0.1) is 11.7 Å². The number of aryl methyl sites for hydroxylation is 1. The molecule has 1 saturated carbocycles. The van der Waals surface area contributed by atoms with Gasteiger partial charge in [0.1, 0.15) is 0 Å². The molecule has 0 aliphatic heterocycles. The largest absolute Gasteiger partial charge is 0.478 e. The molecule has 0 heterocycles. The summed E-state index contributed by atoms with van der Waals surface area (Å²) in [6, 6.07) is 5.70. The fraction of sp³-hybridized carbons (Fsp3) is 0.533. The van der Waals surface area contributed by atoms with E-state index in [1.807, 2.05) is 19.1 Å². The van der Waals surface area contributed by atoms with Crippen molar-refractivity contribution < 1.29 is 14.6 Å². The van der Waals surface area contributed by atoms with Crippen LogP contribution in [-0.4, -0.2) is 30.3 Å². The third-order valence-corrected chi connectivity index (χ3v) is 4.20. The minimum absolute atomic E-state index is 0.00933. The summed E-state index contributed by atoms with van der Waals surface area (Å²) in [5.74, 6) is -0.897. The van der Waals surface area contributed by atoms with Crippen LogP contribution in [0.4, 0.5) is 5.69 Å². The smallest absolute Gasteiger partial charge is 0.337 e. The second-order valence-electron chi connectivity index (χ2n) is 5.83. The van der Waals surface area contributed by atoms with Crippen LogP contribution < -0.4 is 5.32 Å². The highest BCUT2D eigenvalue weighted by Crippen LogP contribution is 2.44. The lowest BCUT2D eigenvalue weighted by Gasteiger charge is -2.51. The van der Waals surface area contributed by atoms with Crippen molar-refractivity contribution in [2.45, 2.75) is 39.3 Å². The lowest BCUT2D eigenvalue weighted by atomic mass is 9.64. The standard InChI is InChI=1S/C15H21NO3/c1-9-5-6-11(10(7-9)14(17)18)16-12-8-13(19-4)15(12,2)3/h5-7,12-13,16H,8H2,1-4H3,(H,17,18). The maximum Gasteiger partial charge on any atom is 0.337 e. The van der Waals surface area contributed by atoms with Gasteiger partial charge in [-0.2, -0.15) is 0 Å². The molecule has 4 heteroatoms. The summed E-state index contributed by atoms with van der Waals surface area (Å²) in [4.78, 5) is 11.3. The Morgan fingerprint density at radius 1 is 1.47 bits per heavy atom. The van der Waals surface area contributed by atoms with Crippen LogP contribution in [0.1, 0.15) is 36.2 Å². The Balaban J connectivity index is 2.19. The molecule has 2 atom stereocenters. The monoisotopic (exact) mass is 263 g/mol. The molecule has 0 radical (unpaired) electrons. The van der Waals surface area contributed by atoms with Crippen molar-refractivity contribution in [1.82, 2.24) is 0 Å². The molecule has 4 nitrogen and oxygen atoms in total. The fourth-order valence-electron chi connectivity index (χ4n) is 2.68. The van der Waals surface area contributed by atoms with Gasteiger partial charge in [0.2, 0.25) is 0 Å². The first-order valence-corrected chi connectivity index (χ1v) is 6.49. The minimum atomic E-state index is -0.897. The molecule has 0 amide bonds. The zero-order chi connectivity index (χ0) is 14.2. The zero-order valence-corrected chi connectivity index (χ0v) is 11.9. The van der Waals surface area contributed by atoms with Crippen LogP contribution in [0.5, 0.6) is 0 Å². The van der Waals surface area contributed by atoms with Gasteiger partial charge in [0, 0.05) is 24.3 Å². The van der Waals surface area contributed by atoms with Gasteiger partial charge in [-0.25, -0.2) is 4.79 Å². The summed E-state index contributed by atoms with van der Waals surface area (Å²) in [6.45, 7) is 6.17. The van der Waals surface area contributed by atoms with Crippen molar-refractivity contribution in [2.24, 2.45) is 5.41 Å². The Morgan fingerprint density at radius 2 is 2.16 bits per heavy atom. The number of methoxy groups -OCH3 is 1. The van der Waals surface area contributed by atoms with Crippen molar-refractivity contribution in [3.63, 3.8) is 0 Å². The van der Waals surface area contributed by atoms with Crippen molar-refractivity contribution in [3.8, 4) is 0 Å². The summed E-state index contributed by atoms with van der Waals surface area (Å²) >= 11 is 0. The number of nitrogens with one attached hydrogen (secondary N) is 1. The summed E-state index contributed by atoms with van der Waals surface area (Å²) < 4.78 is 5.41. The van der Waals surface area contributed by atoms with Crippen molar-refractivity contribution in [3.05, 3.63) is 29.3 Å². The molecule has 2 rings (SSSR count). The summed E-state index contributed by atoms with van der Waals surface area (Å²) in [5.41, 5.74) is 1.98. The lowest BCUT2D eigenvalue weighted by Crippen LogP contribution is -2.57. The topological polar surface area (TPSA) is 58.6 Å². The Kier molecular flexibility index (Phi) is 3.54. The average molecular weight is 263 g/mol. The van der Waals surface area contributed by atoms with E-state index in [0.717, 1.165) is 12.0 Å². The molecule has 104 valence electrons. The highest BCUT2D eigenvalue weighted by Gasteiger charge is 2.48. The van der Waals surface area contributed by atoms with Crippen LogP contribution >= 0.6 is 0 Å². The Bertz CT molecular complexity index is 496. The molecule has 1 aromatic rings. The molecule has 0 spiro atoms. The Labute approximate surface area is 113 Å². The number of benzene rings is 1. The van der Waals surface area contributed by atoms with Crippen molar-refractivity contribution in [2.75, 3.05) is 12.4 Å². The predicted molar refractivity (Wildman–Crippen MR) is 74.7 cm³/mol. The van der Waals surface area contributed by atoms with Gasteiger partial charge in [-0.1, -0.05) is 25.5 Å². The Hall–Kier alpha value is -1.55. The number of aromatic carboxylic acids is 1. The SMILES string of the molecule is COC1CC(Nc2ccc(C)cc2C(=O)O)C1(C)C. The number of anilines is 1. The number of ether oxygens (including phenoxy) is 1. The van der Waals surface area contributed by atoms with Crippen LogP contribution in [0.3, 0.4) is 0 Å². The highest BCUT2D eigenvalue weighted by atomic mass is 16.5. The molecule has 2 N–H and O–H groups in total. The number of rotatable bonds is 4. The van der Waals surface area contributed by atoms with Crippen LogP contribution in [0.2, 0.25) is 0 Å². The predicted octanol–water partition coefficient (Wildman–Crippen LogP) is 2.92. The van der Waals surface area contributed by atoms with Gasteiger partial charge in [-0.05, 0) is 25.5 Å². The molecular formula is C15H21NO3.